The average molecular weight is 280 g/mol. The summed E-state index contributed by atoms with van der Waals surface area (Å²) < 4.78 is 1.09. The summed E-state index contributed by atoms with van der Waals surface area (Å²) in [4.78, 5) is 25.9. The van der Waals surface area contributed by atoms with Gasteiger partial charge in [-0.3, -0.25) is 9.59 Å². The van der Waals surface area contributed by atoms with Gasteiger partial charge < -0.3 is 10.8 Å². The Bertz CT molecular complexity index is 628. The number of aliphatic carboxylic acids is 1. The molecule has 1 amide bonds. The Hall–Kier alpha value is -2.49. The van der Waals surface area contributed by atoms with Crippen LogP contribution in [-0.4, -0.2) is 42.2 Å². The highest BCUT2D eigenvalue weighted by Crippen LogP contribution is 2.26. The van der Waals surface area contributed by atoms with Gasteiger partial charge in [0.2, 0.25) is 5.16 Å². The topological polar surface area (TPSA) is 137 Å². The molecule has 0 spiro atoms. The molecule has 2 aromatic rings. The number of rotatable bonds is 5. The third-order valence-corrected chi connectivity index (χ3v) is 3.00. The number of nitrogens with zero attached hydrogens (tertiary/aromatic N) is 5. The minimum Gasteiger partial charge on any atom is -0.480 e. The smallest absolute Gasteiger partial charge is 0.325 e. The number of tetrazole rings is 1. The number of carboxylic acids is 1. The van der Waals surface area contributed by atoms with Crippen molar-refractivity contribution in [3.8, 4) is 0 Å². The Kier molecular flexibility index (Phi) is 3.71. The zero-order chi connectivity index (χ0) is 13.8. The lowest BCUT2D eigenvalue weighted by Crippen LogP contribution is -2.14. The summed E-state index contributed by atoms with van der Waals surface area (Å²) in [6.45, 7) is -0.381. The van der Waals surface area contributed by atoms with E-state index >= 15 is 0 Å². The van der Waals surface area contributed by atoms with Gasteiger partial charge in [-0.15, -0.1) is 5.10 Å². The van der Waals surface area contributed by atoms with Crippen LogP contribution in [0.2, 0.25) is 0 Å². The van der Waals surface area contributed by atoms with Crippen LogP contribution in [0.25, 0.3) is 0 Å². The monoisotopic (exact) mass is 280 g/mol. The highest BCUT2D eigenvalue weighted by Gasteiger charge is 2.16. The van der Waals surface area contributed by atoms with Crippen LogP contribution in [0, 0.1) is 0 Å². The van der Waals surface area contributed by atoms with Crippen molar-refractivity contribution in [2.24, 2.45) is 5.73 Å². The summed E-state index contributed by atoms with van der Waals surface area (Å²) in [5, 5.41) is 19.8. The first-order chi connectivity index (χ1) is 9.08. The molecule has 2 aromatic heterocycles. The number of carbonyl (C=O) groups is 2. The zero-order valence-corrected chi connectivity index (χ0v) is 10.2. The predicted octanol–water partition coefficient (Wildman–Crippen LogP) is -0.597. The third-order valence-electron chi connectivity index (χ3n) is 2.01. The van der Waals surface area contributed by atoms with Crippen molar-refractivity contribution in [3.05, 3.63) is 23.9 Å². The Labute approximate surface area is 110 Å². The maximum atomic E-state index is 11.2. The van der Waals surface area contributed by atoms with E-state index < -0.39 is 11.9 Å². The fourth-order valence-corrected chi connectivity index (χ4v) is 2.09. The summed E-state index contributed by atoms with van der Waals surface area (Å²) in [6.07, 6.45) is 1.49. The van der Waals surface area contributed by atoms with E-state index in [1.165, 1.54) is 12.3 Å². The van der Waals surface area contributed by atoms with E-state index in [9.17, 15) is 9.59 Å². The van der Waals surface area contributed by atoms with Gasteiger partial charge in [0.1, 0.15) is 11.6 Å². The molecule has 0 unspecified atom stereocenters. The molecular formula is C9H8N6O3S. The van der Waals surface area contributed by atoms with Gasteiger partial charge in [0.05, 0.1) is 5.56 Å². The van der Waals surface area contributed by atoms with Crippen LogP contribution in [0.5, 0.6) is 0 Å². The SMILES string of the molecule is NC(=O)c1cccnc1Sc1nnnn1CC(=O)O. The predicted molar refractivity (Wildman–Crippen MR) is 62.3 cm³/mol. The van der Waals surface area contributed by atoms with Crippen LogP contribution in [0.1, 0.15) is 10.4 Å². The quantitative estimate of drug-likeness (QED) is 0.740. The Morgan fingerprint density at radius 2 is 2.26 bits per heavy atom. The van der Waals surface area contributed by atoms with Crippen LogP contribution in [0.4, 0.5) is 0 Å². The molecule has 0 aliphatic carbocycles. The summed E-state index contributed by atoms with van der Waals surface area (Å²) in [7, 11) is 0. The number of amides is 1. The lowest BCUT2D eigenvalue weighted by atomic mass is 10.3. The number of hydrogen-bond donors (Lipinski definition) is 2. The number of primary amides is 1. The molecule has 0 bridgehead atoms. The molecule has 19 heavy (non-hydrogen) atoms. The summed E-state index contributed by atoms with van der Waals surface area (Å²) in [5.41, 5.74) is 5.44. The molecule has 0 aliphatic rings. The van der Waals surface area contributed by atoms with Crippen LogP contribution in [0.15, 0.2) is 28.5 Å². The van der Waals surface area contributed by atoms with E-state index in [1.54, 1.807) is 6.07 Å². The minimum atomic E-state index is -1.08. The van der Waals surface area contributed by atoms with Crippen LogP contribution in [0.3, 0.4) is 0 Å². The molecule has 10 heteroatoms. The fraction of sp³-hybridized carbons (Fsp3) is 0.111. The van der Waals surface area contributed by atoms with Crippen molar-refractivity contribution in [2.75, 3.05) is 0 Å². The second kappa shape index (κ2) is 5.44. The highest BCUT2D eigenvalue weighted by molar-refractivity contribution is 7.99. The maximum Gasteiger partial charge on any atom is 0.325 e. The van der Waals surface area contributed by atoms with Crippen molar-refractivity contribution in [1.29, 1.82) is 0 Å². The van der Waals surface area contributed by atoms with Gasteiger partial charge in [-0.25, -0.2) is 9.67 Å². The van der Waals surface area contributed by atoms with E-state index in [2.05, 4.69) is 20.5 Å². The van der Waals surface area contributed by atoms with Crippen molar-refractivity contribution in [1.82, 2.24) is 25.2 Å². The number of pyridine rings is 1. The van der Waals surface area contributed by atoms with E-state index in [-0.39, 0.29) is 17.3 Å². The number of nitrogens with two attached hydrogens (primary N) is 1. The van der Waals surface area contributed by atoms with Gasteiger partial charge in [-0.1, -0.05) is 0 Å². The molecular weight excluding hydrogens is 272 g/mol. The van der Waals surface area contributed by atoms with E-state index in [1.807, 2.05) is 0 Å². The number of hydrogen-bond acceptors (Lipinski definition) is 7. The van der Waals surface area contributed by atoms with Gasteiger partial charge in [-0.2, -0.15) is 0 Å². The van der Waals surface area contributed by atoms with Crippen molar-refractivity contribution in [2.45, 2.75) is 16.7 Å². The molecule has 0 aromatic carbocycles. The van der Waals surface area contributed by atoms with E-state index in [0.29, 0.717) is 5.03 Å². The Morgan fingerprint density at radius 1 is 1.47 bits per heavy atom. The Balaban J connectivity index is 2.29. The Morgan fingerprint density at radius 3 is 2.95 bits per heavy atom. The van der Waals surface area contributed by atoms with Crippen molar-refractivity contribution < 1.29 is 14.7 Å². The summed E-state index contributed by atoms with van der Waals surface area (Å²) in [5.74, 6) is -1.71. The lowest BCUT2D eigenvalue weighted by molar-refractivity contribution is -0.138. The molecule has 9 nitrogen and oxygen atoms in total. The molecule has 3 N–H and O–H groups in total. The van der Waals surface area contributed by atoms with Gasteiger partial charge in [-0.05, 0) is 34.3 Å². The normalized spacial score (nSPS) is 10.3. The molecule has 0 aliphatic heterocycles. The summed E-state index contributed by atoms with van der Waals surface area (Å²) >= 11 is 0.969. The van der Waals surface area contributed by atoms with Gasteiger partial charge >= 0.3 is 5.97 Å². The van der Waals surface area contributed by atoms with E-state index in [0.717, 1.165) is 16.4 Å². The number of carboxylic acid groups (broad SMARTS) is 1. The van der Waals surface area contributed by atoms with Crippen molar-refractivity contribution >= 4 is 23.6 Å². The first kappa shape index (κ1) is 13.0. The number of aromatic nitrogens is 5. The lowest BCUT2D eigenvalue weighted by Gasteiger charge is -2.04. The summed E-state index contributed by atoms with van der Waals surface area (Å²) in [6, 6.07) is 3.09. The standard InChI is InChI=1S/C9H8N6O3S/c10-7(18)5-2-1-3-11-8(5)19-9-12-13-14-15(9)4-6(16)17/h1-3H,4H2,(H2,10,18)(H,16,17). The fourth-order valence-electron chi connectivity index (χ4n) is 1.24. The second-order valence-electron chi connectivity index (χ2n) is 3.34. The molecule has 0 saturated carbocycles. The second-order valence-corrected chi connectivity index (χ2v) is 4.29. The van der Waals surface area contributed by atoms with Crippen molar-refractivity contribution in [3.63, 3.8) is 0 Å². The van der Waals surface area contributed by atoms with E-state index in [4.69, 9.17) is 10.8 Å². The molecule has 0 saturated heterocycles. The van der Waals surface area contributed by atoms with Gasteiger partial charge in [0.25, 0.3) is 5.91 Å². The molecule has 98 valence electrons. The first-order valence-electron chi connectivity index (χ1n) is 4.98. The average Bonchev–Trinajstić information content (AvgIpc) is 2.76. The highest BCUT2D eigenvalue weighted by atomic mass is 32.2. The molecule has 0 fully saturated rings. The third kappa shape index (κ3) is 3.04. The minimum absolute atomic E-state index is 0.212. The molecule has 2 rings (SSSR count). The van der Waals surface area contributed by atoms with Crippen LogP contribution in [-0.2, 0) is 11.3 Å². The van der Waals surface area contributed by atoms with Gasteiger partial charge in [0.15, 0.2) is 0 Å². The zero-order valence-electron chi connectivity index (χ0n) is 9.42. The van der Waals surface area contributed by atoms with Crippen LogP contribution >= 0.6 is 11.8 Å². The number of carbonyl (C=O) groups excluding carboxylic acids is 1. The molecule has 0 radical (unpaired) electrons. The van der Waals surface area contributed by atoms with Gasteiger partial charge in [0, 0.05) is 6.20 Å². The van der Waals surface area contributed by atoms with Crippen LogP contribution < -0.4 is 5.73 Å². The molecule has 0 atom stereocenters. The first-order valence-corrected chi connectivity index (χ1v) is 5.80. The molecule has 2 heterocycles. The maximum absolute atomic E-state index is 11.2. The largest absolute Gasteiger partial charge is 0.480 e.